The fourth-order valence-electron chi connectivity index (χ4n) is 1.43. The maximum absolute atomic E-state index is 11.3. The first-order valence-electron chi connectivity index (χ1n) is 4.90. The number of tetrazole rings is 1. The summed E-state index contributed by atoms with van der Waals surface area (Å²) in [5.41, 5.74) is 1.38. The molecule has 0 saturated heterocycles. The highest BCUT2D eigenvalue weighted by Gasteiger charge is 2.12. The number of para-hydroxylation sites is 1. The van der Waals surface area contributed by atoms with Crippen LogP contribution in [0.3, 0.4) is 0 Å². The van der Waals surface area contributed by atoms with Gasteiger partial charge in [0.15, 0.2) is 5.82 Å². The number of aromatic nitrogens is 4. The van der Waals surface area contributed by atoms with Crippen LogP contribution in [0.25, 0.3) is 11.4 Å². The van der Waals surface area contributed by atoms with E-state index < -0.39 is 0 Å². The second kappa shape index (κ2) is 4.92. The van der Waals surface area contributed by atoms with Gasteiger partial charge in [0.1, 0.15) is 5.88 Å². The van der Waals surface area contributed by atoms with E-state index >= 15 is 0 Å². The normalized spacial score (nSPS) is 10.2. The quantitative estimate of drug-likeness (QED) is 0.828. The summed E-state index contributed by atoms with van der Waals surface area (Å²) < 4.78 is 1.53. The molecule has 0 aliphatic carbocycles. The SMILES string of the molecule is Cn1nnnc1-c1ccccc1NC(=O)CCl. The summed E-state index contributed by atoms with van der Waals surface area (Å²) in [7, 11) is 1.73. The molecule has 0 radical (unpaired) electrons. The number of aryl methyl sites for hydroxylation is 1. The molecule has 0 bridgehead atoms. The Labute approximate surface area is 103 Å². The lowest BCUT2D eigenvalue weighted by molar-refractivity contribution is -0.113. The van der Waals surface area contributed by atoms with Crippen molar-refractivity contribution in [2.75, 3.05) is 11.2 Å². The summed E-state index contributed by atoms with van der Waals surface area (Å²) in [5.74, 6) is 0.218. The van der Waals surface area contributed by atoms with Gasteiger partial charge >= 0.3 is 0 Å². The van der Waals surface area contributed by atoms with Gasteiger partial charge < -0.3 is 5.32 Å². The highest BCUT2D eigenvalue weighted by atomic mass is 35.5. The molecule has 0 unspecified atom stereocenters. The van der Waals surface area contributed by atoms with Gasteiger partial charge in [-0.2, -0.15) is 0 Å². The van der Waals surface area contributed by atoms with Crippen LogP contribution in [-0.4, -0.2) is 32.0 Å². The number of carbonyl (C=O) groups is 1. The number of nitrogens with zero attached hydrogens (tertiary/aromatic N) is 4. The topological polar surface area (TPSA) is 72.7 Å². The Morgan fingerprint density at radius 2 is 2.24 bits per heavy atom. The van der Waals surface area contributed by atoms with Crippen LogP contribution >= 0.6 is 11.6 Å². The van der Waals surface area contributed by atoms with E-state index in [9.17, 15) is 4.79 Å². The fraction of sp³-hybridized carbons (Fsp3) is 0.200. The molecule has 0 fully saturated rings. The van der Waals surface area contributed by atoms with Crippen molar-refractivity contribution in [2.24, 2.45) is 7.05 Å². The molecule has 1 aromatic carbocycles. The van der Waals surface area contributed by atoms with Crippen LogP contribution in [0.1, 0.15) is 0 Å². The average molecular weight is 252 g/mol. The molecule has 0 saturated carbocycles. The molecule has 1 N–H and O–H groups in total. The summed E-state index contributed by atoms with van der Waals surface area (Å²) in [6.07, 6.45) is 0. The Hall–Kier alpha value is -1.95. The van der Waals surface area contributed by atoms with E-state index in [1.54, 1.807) is 13.1 Å². The first kappa shape index (κ1) is 11.5. The van der Waals surface area contributed by atoms with Crippen LogP contribution in [0, 0.1) is 0 Å². The molecular formula is C10H10ClN5O. The lowest BCUT2D eigenvalue weighted by atomic mass is 10.1. The molecule has 7 heteroatoms. The molecule has 6 nitrogen and oxygen atoms in total. The van der Waals surface area contributed by atoms with Crippen LogP contribution < -0.4 is 5.32 Å². The van der Waals surface area contributed by atoms with E-state index in [0.717, 1.165) is 5.56 Å². The number of anilines is 1. The summed E-state index contributed by atoms with van der Waals surface area (Å²) in [4.78, 5) is 11.3. The Morgan fingerprint density at radius 1 is 1.47 bits per heavy atom. The van der Waals surface area contributed by atoms with Crippen molar-refractivity contribution in [3.8, 4) is 11.4 Å². The van der Waals surface area contributed by atoms with Gasteiger partial charge in [-0.1, -0.05) is 12.1 Å². The van der Waals surface area contributed by atoms with Gasteiger partial charge in [0, 0.05) is 12.6 Å². The largest absolute Gasteiger partial charge is 0.324 e. The minimum absolute atomic E-state index is 0.0919. The maximum Gasteiger partial charge on any atom is 0.239 e. The molecule has 17 heavy (non-hydrogen) atoms. The Balaban J connectivity index is 2.41. The van der Waals surface area contributed by atoms with Gasteiger partial charge in [0.2, 0.25) is 5.91 Å². The predicted octanol–water partition coefficient (Wildman–Crippen LogP) is 1.05. The minimum atomic E-state index is -0.269. The lowest BCUT2D eigenvalue weighted by Crippen LogP contribution is -2.13. The molecule has 2 rings (SSSR count). The Bertz CT molecular complexity index is 539. The van der Waals surface area contributed by atoms with Crippen molar-refractivity contribution in [3.05, 3.63) is 24.3 Å². The van der Waals surface area contributed by atoms with E-state index in [1.807, 2.05) is 18.2 Å². The first-order valence-corrected chi connectivity index (χ1v) is 5.43. The van der Waals surface area contributed by atoms with Crippen LogP contribution in [0.2, 0.25) is 0 Å². The van der Waals surface area contributed by atoms with Crippen molar-refractivity contribution >= 4 is 23.2 Å². The predicted molar refractivity (Wildman–Crippen MR) is 63.6 cm³/mol. The van der Waals surface area contributed by atoms with Crippen molar-refractivity contribution in [2.45, 2.75) is 0 Å². The van der Waals surface area contributed by atoms with E-state index in [0.29, 0.717) is 11.5 Å². The number of alkyl halides is 1. The number of halogens is 1. The minimum Gasteiger partial charge on any atom is -0.324 e. The third-order valence-electron chi connectivity index (χ3n) is 2.18. The van der Waals surface area contributed by atoms with Crippen molar-refractivity contribution in [3.63, 3.8) is 0 Å². The Morgan fingerprint density at radius 3 is 2.88 bits per heavy atom. The second-order valence-corrected chi connectivity index (χ2v) is 3.62. The number of hydrogen-bond donors (Lipinski definition) is 1. The maximum atomic E-state index is 11.3. The number of benzene rings is 1. The molecule has 1 aromatic heterocycles. The molecule has 0 aliphatic rings. The van der Waals surface area contributed by atoms with Crippen molar-refractivity contribution < 1.29 is 4.79 Å². The van der Waals surface area contributed by atoms with Gasteiger partial charge in [-0.25, -0.2) is 4.68 Å². The zero-order valence-electron chi connectivity index (χ0n) is 9.09. The van der Waals surface area contributed by atoms with Crippen molar-refractivity contribution in [1.82, 2.24) is 20.2 Å². The van der Waals surface area contributed by atoms with E-state index in [4.69, 9.17) is 11.6 Å². The number of rotatable bonds is 3. The van der Waals surface area contributed by atoms with E-state index in [1.165, 1.54) is 4.68 Å². The van der Waals surface area contributed by atoms with Gasteiger partial charge in [-0.05, 0) is 22.6 Å². The molecule has 88 valence electrons. The van der Waals surface area contributed by atoms with E-state index in [-0.39, 0.29) is 11.8 Å². The molecular weight excluding hydrogens is 242 g/mol. The first-order chi connectivity index (χ1) is 8.22. The Kier molecular flexibility index (Phi) is 3.34. The van der Waals surface area contributed by atoms with Crippen LogP contribution in [-0.2, 0) is 11.8 Å². The van der Waals surface area contributed by atoms with Crippen molar-refractivity contribution in [1.29, 1.82) is 0 Å². The standard InChI is InChI=1S/C10H10ClN5O/c1-16-10(13-14-15-16)7-4-2-3-5-8(7)12-9(17)6-11/h2-5H,6H2,1H3,(H,12,17). The van der Waals surface area contributed by atoms with Gasteiger partial charge in [0.25, 0.3) is 0 Å². The van der Waals surface area contributed by atoms with Gasteiger partial charge in [0.05, 0.1) is 5.69 Å². The molecule has 1 amide bonds. The zero-order chi connectivity index (χ0) is 12.3. The zero-order valence-corrected chi connectivity index (χ0v) is 9.85. The summed E-state index contributed by atoms with van der Waals surface area (Å²) in [5, 5.41) is 13.9. The average Bonchev–Trinajstić information content (AvgIpc) is 2.76. The second-order valence-electron chi connectivity index (χ2n) is 3.35. The molecule has 0 aliphatic heterocycles. The molecule has 0 atom stereocenters. The van der Waals surface area contributed by atoms with E-state index in [2.05, 4.69) is 20.8 Å². The third kappa shape index (κ3) is 2.42. The van der Waals surface area contributed by atoms with Crippen LogP contribution in [0.15, 0.2) is 24.3 Å². The smallest absolute Gasteiger partial charge is 0.239 e. The van der Waals surface area contributed by atoms with Crippen LogP contribution in [0.4, 0.5) is 5.69 Å². The number of hydrogen-bond acceptors (Lipinski definition) is 4. The number of nitrogens with one attached hydrogen (secondary N) is 1. The molecule has 2 aromatic rings. The highest BCUT2D eigenvalue weighted by Crippen LogP contribution is 2.24. The fourth-order valence-corrected chi connectivity index (χ4v) is 1.50. The summed E-state index contributed by atoms with van der Waals surface area (Å²) in [6.45, 7) is 0. The summed E-state index contributed by atoms with van der Waals surface area (Å²) >= 11 is 5.45. The third-order valence-corrected chi connectivity index (χ3v) is 2.43. The molecule has 1 heterocycles. The van der Waals surface area contributed by atoms with Gasteiger partial charge in [-0.15, -0.1) is 16.7 Å². The molecule has 0 spiro atoms. The van der Waals surface area contributed by atoms with Crippen LogP contribution in [0.5, 0.6) is 0 Å². The number of amides is 1. The number of carbonyl (C=O) groups excluding carboxylic acids is 1. The van der Waals surface area contributed by atoms with Gasteiger partial charge in [-0.3, -0.25) is 4.79 Å². The monoisotopic (exact) mass is 251 g/mol. The lowest BCUT2D eigenvalue weighted by Gasteiger charge is -2.08. The summed E-state index contributed by atoms with van der Waals surface area (Å²) in [6, 6.07) is 7.27. The highest BCUT2D eigenvalue weighted by molar-refractivity contribution is 6.29.